The lowest BCUT2D eigenvalue weighted by Gasteiger charge is -2.08. The van der Waals surface area contributed by atoms with Gasteiger partial charge in [-0.25, -0.2) is 4.98 Å². The number of nitrogen functional groups attached to an aromatic ring is 1. The zero-order chi connectivity index (χ0) is 12.4. The molecule has 1 heterocycles. The molecule has 0 unspecified atom stereocenters. The number of rotatable bonds is 2. The lowest BCUT2D eigenvalue weighted by Crippen LogP contribution is -2.13. The normalized spacial score (nSPS) is 10.2. The second-order valence-electron chi connectivity index (χ2n) is 3.49. The fraction of sp³-hybridized carbons (Fsp3) is 0.0909. The molecule has 0 aliphatic carbocycles. The predicted octanol–water partition coefficient (Wildman–Crippen LogP) is 2.22. The van der Waals surface area contributed by atoms with E-state index < -0.39 is 5.56 Å². The molecule has 0 spiro atoms. The van der Waals surface area contributed by atoms with E-state index in [1.807, 2.05) is 19.1 Å². The van der Waals surface area contributed by atoms with E-state index in [1.54, 1.807) is 6.07 Å². The Morgan fingerprint density at radius 1 is 1.47 bits per heavy atom. The lowest BCUT2D eigenvalue weighted by atomic mass is 10.2. The molecule has 1 aromatic heterocycles. The standard InChI is InChI=1S/C11H10BrN3O2/c1-6-2-3-8(7(12)4-6)17-11-9(13)10(16)14-5-15-11/h2-5H,13H2,1H3,(H,14,15,16). The first-order chi connectivity index (χ1) is 8.08. The summed E-state index contributed by atoms with van der Waals surface area (Å²) in [6.07, 6.45) is 1.25. The van der Waals surface area contributed by atoms with Crippen LogP contribution in [-0.4, -0.2) is 9.97 Å². The number of hydrogen-bond donors (Lipinski definition) is 2. The highest BCUT2D eigenvalue weighted by molar-refractivity contribution is 9.10. The van der Waals surface area contributed by atoms with Gasteiger partial charge in [-0.3, -0.25) is 4.79 Å². The molecule has 17 heavy (non-hydrogen) atoms. The molecule has 6 heteroatoms. The van der Waals surface area contributed by atoms with Crippen LogP contribution in [-0.2, 0) is 0 Å². The van der Waals surface area contributed by atoms with Crippen LogP contribution in [0.3, 0.4) is 0 Å². The maximum atomic E-state index is 11.3. The molecular formula is C11H10BrN3O2. The minimum Gasteiger partial charge on any atom is -0.436 e. The Labute approximate surface area is 106 Å². The quantitative estimate of drug-likeness (QED) is 0.890. The smallest absolute Gasteiger partial charge is 0.277 e. The van der Waals surface area contributed by atoms with Gasteiger partial charge in [0.2, 0.25) is 5.88 Å². The van der Waals surface area contributed by atoms with Crippen molar-refractivity contribution in [3.05, 3.63) is 44.9 Å². The van der Waals surface area contributed by atoms with E-state index >= 15 is 0 Å². The minimum atomic E-state index is -0.418. The van der Waals surface area contributed by atoms with Gasteiger partial charge in [0.15, 0.2) is 5.69 Å². The van der Waals surface area contributed by atoms with Crippen LogP contribution in [0.5, 0.6) is 11.6 Å². The Kier molecular flexibility index (Phi) is 3.14. The number of ether oxygens (including phenoxy) is 1. The van der Waals surface area contributed by atoms with Gasteiger partial charge in [-0.2, -0.15) is 0 Å². The first-order valence-corrected chi connectivity index (χ1v) is 5.64. The average molecular weight is 296 g/mol. The Bertz CT molecular complexity index is 610. The summed E-state index contributed by atoms with van der Waals surface area (Å²) < 4.78 is 6.25. The fourth-order valence-corrected chi connectivity index (χ4v) is 1.84. The van der Waals surface area contributed by atoms with Crippen LogP contribution in [0.15, 0.2) is 33.8 Å². The van der Waals surface area contributed by atoms with Crippen molar-refractivity contribution in [2.75, 3.05) is 5.73 Å². The van der Waals surface area contributed by atoms with Gasteiger partial charge < -0.3 is 15.5 Å². The molecular weight excluding hydrogens is 286 g/mol. The van der Waals surface area contributed by atoms with Crippen LogP contribution < -0.4 is 16.0 Å². The summed E-state index contributed by atoms with van der Waals surface area (Å²) in [5.41, 5.74) is 6.20. The molecule has 0 amide bonds. The van der Waals surface area contributed by atoms with Crippen molar-refractivity contribution >= 4 is 21.6 Å². The Morgan fingerprint density at radius 2 is 2.24 bits per heavy atom. The van der Waals surface area contributed by atoms with Crippen LogP contribution in [0.2, 0.25) is 0 Å². The molecule has 0 fully saturated rings. The highest BCUT2D eigenvalue weighted by atomic mass is 79.9. The Balaban J connectivity index is 2.38. The molecule has 2 rings (SSSR count). The van der Waals surface area contributed by atoms with Crippen molar-refractivity contribution in [2.45, 2.75) is 6.92 Å². The number of nitrogens with one attached hydrogen (secondary N) is 1. The number of benzene rings is 1. The van der Waals surface area contributed by atoms with Gasteiger partial charge in [0.25, 0.3) is 5.56 Å². The van der Waals surface area contributed by atoms with E-state index in [0.29, 0.717) is 5.75 Å². The number of halogens is 1. The third kappa shape index (κ3) is 2.47. The maximum Gasteiger partial charge on any atom is 0.277 e. The maximum absolute atomic E-state index is 11.3. The molecule has 0 aliphatic heterocycles. The third-order valence-corrected chi connectivity index (χ3v) is 2.77. The second-order valence-corrected chi connectivity index (χ2v) is 4.34. The van der Waals surface area contributed by atoms with Crippen LogP contribution in [0.4, 0.5) is 5.69 Å². The molecule has 0 bridgehead atoms. The van der Waals surface area contributed by atoms with E-state index in [2.05, 4.69) is 25.9 Å². The van der Waals surface area contributed by atoms with E-state index in [9.17, 15) is 4.79 Å². The molecule has 5 nitrogen and oxygen atoms in total. The lowest BCUT2D eigenvalue weighted by molar-refractivity contribution is 0.460. The molecule has 0 atom stereocenters. The summed E-state index contributed by atoms with van der Waals surface area (Å²) in [5, 5.41) is 0. The van der Waals surface area contributed by atoms with Crippen molar-refractivity contribution in [3.63, 3.8) is 0 Å². The summed E-state index contributed by atoms with van der Waals surface area (Å²) in [4.78, 5) is 17.5. The molecule has 0 saturated heterocycles. The topological polar surface area (TPSA) is 81.0 Å². The third-order valence-electron chi connectivity index (χ3n) is 2.15. The fourth-order valence-electron chi connectivity index (χ4n) is 1.27. The number of aryl methyl sites for hydroxylation is 1. The van der Waals surface area contributed by atoms with Gasteiger partial charge in [0, 0.05) is 0 Å². The first kappa shape index (κ1) is 11.7. The Hall–Kier alpha value is -1.82. The average Bonchev–Trinajstić information content (AvgIpc) is 2.28. The van der Waals surface area contributed by atoms with Crippen LogP contribution in [0.1, 0.15) is 5.56 Å². The number of aromatic nitrogens is 2. The SMILES string of the molecule is Cc1ccc(Oc2nc[nH]c(=O)c2N)c(Br)c1. The van der Waals surface area contributed by atoms with Crippen LogP contribution in [0, 0.1) is 6.92 Å². The molecule has 88 valence electrons. The Morgan fingerprint density at radius 3 is 2.94 bits per heavy atom. The van der Waals surface area contributed by atoms with Gasteiger partial charge in [0.1, 0.15) is 5.75 Å². The van der Waals surface area contributed by atoms with E-state index in [-0.39, 0.29) is 11.6 Å². The second kappa shape index (κ2) is 4.58. The number of nitrogens with two attached hydrogens (primary N) is 1. The number of hydrogen-bond acceptors (Lipinski definition) is 4. The summed E-state index contributed by atoms with van der Waals surface area (Å²) >= 11 is 3.37. The van der Waals surface area contributed by atoms with Crippen molar-refractivity contribution in [2.24, 2.45) is 0 Å². The molecule has 3 N–H and O–H groups in total. The zero-order valence-electron chi connectivity index (χ0n) is 9.03. The molecule has 1 aromatic carbocycles. The summed E-state index contributed by atoms with van der Waals surface area (Å²) in [6, 6.07) is 5.57. The van der Waals surface area contributed by atoms with E-state index in [1.165, 1.54) is 6.33 Å². The number of anilines is 1. The molecule has 0 aliphatic rings. The van der Waals surface area contributed by atoms with Crippen LogP contribution in [0.25, 0.3) is 0 Å². The van der Waals surface area contributed by atoms with E-state index in [4.69, 9.17) is 10.5 Å². The number of aromatic amines is 1. The predicted molar refractivity (Wildman–Crippen MR) is 68.2 cm³/mol. The van der Waals surface area contributed by atoms with Gasteiger partial charge in [-0.05, 0) is 40.5 Å². The monoisotopic (exact) mass is 295 g/mol. The largest absolute Gasteiger partial charge is 0.436 e. The number of nitrogens with zero attached hydrogens (tertiary/aromatic N) is 1. The van der Waals surface area contributed by atoms with Gasteiger partial charge in [-0.15, -0.1) is 0 Å². The summed E-state index contributed by atoms with van der Waals surface area (Å²) in [7, 11) is 0. The van der Waals surface area contributed by atoms with Gasteiger partial charge in [-0.1, -0.05) is 6.07 Å². The summed E-state index contributed by atoms with van der Waals surface area (Å²) in [6.45, 7) is 1.97. The van der Waals surface area contributed by atoms with Crippen molar-refractivity contribution < 1.29 is 4.74 Å². The first-order valence-electron chi connectivity index (χ1n) is 4.85. The molecule has 0 saturated carbocycles. The van der Waals surface area contributed by atoms with Gasteiger partial charge >= 0.3 is 0 Å². The number of H-pyrrole nitrogens is 1. The zero-order valence-corrected chi connectivity index (χ0v) is 10.6. The van der Waals surface area contributed by atoms with Crippen LogP contribution >= 0.6 is 15.9 Å². The van der Waals surface area contributed by atoms with Gasteiger partial charge in [0.05, 0.1) is 10.8 Å². The molecule has 2 aromatic rings. The van der Waals surface area contributed by atoms with Crippen molar-refractivity contribution in [1.82, 2.24) is 9.97 Å². The highest BCUT2D eigenvalue weighted by Crippen LogP contribution is 2.30. The minimum absolute atomic E-state index is 0.0417. The van der Waals surface area contributed by atoms with Crippen molar-refractivity contribution in [1.29, 1.82) is 0 Å². The van der Waals surface area contributed by atoms with Crippen molar-refractivity contribution in [3.8, 4) is 11.6 Å². The molecule has 0 radical (unpaired) electrons. The van der Waals surface area contributed by atoms with E-state index in [0.717, 1.165) is 10.0 Å². The summed E-state index contributed by atoms with van der Waals surface area (Å²) in [5.74, 6) is 0.652. The highest BCUT2D eigenvalue weighted by Gasteiger charge is 2.09.